The van der Waals surface area contributed by atoms with Gasteiger partial charge in [-0.2, -0.15) is 0 Å². The Balaban J connectivity index is 2.33. The number of nitrogens with two attached hydrogens (primary N) is 1. The van der Waals surface area contributed by atoms with E-state index in [0.29, 0.717) is 31.9 Å². The van der Waals surface area contributed by atoms with Gasteiger partial charge in [0.2, 0.25) is 5.91 Å². The lowest BCUT2D eigenvalue weighted by Crippen LogP contribution is -2.40. The van der Waals surface area contributed by atoms with Crippen LogP contribution in [0.4, 0.5) is 5.69 Å². The predicted octanol–water partition coefficient (Wildman–Crippen LogP) is 1.45. The van der Waals surface area contributed by atoms with E-state index in [4.69, 9.17) is 10.5 Å². The molecule has 1 atom stereocenters. The van der Waals surface area contributed by atoms with Crippen molar-refractivity contribution in [2.24, 2.45) is 11.7 Å². The van der Waals surface area contributed by atoms with Crippen molar-refractivity contribution < 1.29 is 14.6 Å². The van der Waals surface area contributed by atoms with E-state index in [1.165, 1.54) is 0 Å². The molecule has 0 radical (unpaired) electrons. The smallest absolute Gasteiger partial charge is 0.229 e. The van der Waals surface area contributed by atoms with Gasteiger partial charge in [0.05, 0.1) is 18.3 Å². The second-order valence-corrected chi connectivity index (χ2v) is 5.31. The van der Waals surface area contributed by atoms with Gasteiger partial charge in [0.1, 0.15) is 12.4 Å². The average Bonchev–Trinajstić information content (AvgIpc) is 2.45. The maximum absolute atomic E-state index is 12.3. The Kier molecular flexibility index (Phi) is 4.62. The van der Waals surface area contributed by atoms with Gasteiger partial charge in [-0.25, -0.2) is 0 Å². The summed E-state index contributed by atoms with van der Waals surface area (Å²) in [6.07, 6.45) is -0.110. The van der Waals surface area contributed by atoms with Gasteiger partial charge in [-0.05, 0) is 30.7 Å². The Bertz CT molecular complexity index is 488. The van der Waals surface area contributed by atoms with E-state index < -0.39 is 6.10 Å². The second-order valence-electron chi connectivity index (χ2n) is 5.31. The zero-order valence-corrected chi connectivity index (χ0v) is 12.0. The molecule has 2 rings (SSSR count). The fraction of sp³-hybridized carbons (Fsp3) is 0.533. The van der Waals surface area contributed by atoms with Gasteiger partial charge < -0.3 is 20.5 Å². The highest BCUT2D eigenvalue weighted by atomic mass is 16.5. The van der Waals surface area contributed by atoms with Crippen LogP contribution in [0.25, 0.3) is 0 Å². The summed E-state index contributed by atoms with van der Waals surface area (Å²) in [7, 11) is 0. The predicted molar refractivity (Wildman–Crippen MR) is 77.8 cm³/mol. The first kappa shape index (κ1) is 14.8. The zero-order chi connectivity index (χ0) is 14.7. The summed E-state index contributed by atoms with van der Waals surface area (Å²) in [6.45, 7) is 5.22. The minimum absolute atomic E-state index is 0.0695. The third-order valence-electron chi connectivity index (χ3n) is 3.43. The van der Waals surface area contributed by atoms with Gasteiger partial charge in [0, 0.05) is 5.92 Å². The van der Waals surface area contributed by atoms with Crippen LogP contribution >= 0.6 is 0 Å². The molecule has 0 saturated heterocycles. The topological polar surface area (TPSA) is 75.8 Å². The fourth-order valence-corrected chi connectivity index (χ4v) is 2.31. The largest absolute Gasteiger partial charge is 0.490 e. The van der Waals surface area contributed by atoms with E-state index in [9.17, 15) is 9.90 Å². The molecule has 1 unspecified atom stereocenters. The van der Waals surface area contributed by atoms with Gasteiger partial charge in [-0.15, -0.1) is 0 Å². The highest BCUT2D eigenvalue weighted by Gasteiger charge is 2.26. The summed E-state index contributed by atoms with van der Waals surface area (Å²) in [5.74, 6) is 0.688. The molecule has 5 nitrogen and oxygen atoms in total. The van der Waals surface area contributed by atoms with Crippen molar-refractivity contribution in [3.05, 3.63) is 23.8 Å². The quantitative estimate of drug-likeness (QED) is 0.874. The van der Waals surface area contributed by atoms with Crippen LogP contribution in [-0.4, -0.2) is 30.7 Å². The molecule has 1 heterocycles. The van der Waals surface area contributed by atoms with Crippen LogP contribution in [-0.2, 0) is 4.79 Å². The highest BCUT2D eigenvalue weighted by Crippen LogP contribution is 2.35. The number of carbonyl (C=O) groups is 1. The second kappa shape index (κ2) is 6.24. The van der Waals surface area contributed by atoms with Crippen molar-refractivity contribution in [2.75, 3.05) is 24.6 Å². The summed E-state index contributed by atoms with van der Waals surface area (Å²) >= 11 is 0. The van der Waals surface area contributed by atoms with Crippen LogP contribution < -0.4 is 15.4 Å². The Labute approximate surface area is 119 Å². The molecular formula is C15H22N2O3. The summed E-state index contributed by atoms with van der Waals surface area (Å²) < 4.78 is 5.58. The summed E-state index contributed by atoms with van der Waals surface area (Å²) in [4.78, 5) is 14.0. The van der Waals surface area contributed by atoms with Crippen molar-refractivity contribution >= 4 is 11.6 Å². The number of fused-ring (bicyclic) bond motifs is 1. The molecule has 0 bridgehead atoms. The fourth-order valence-electron chi connectivity index (χ4n) is 2.31. The van der Waals surface area contributed by atoms with Gasteiger partial charge in [0.25, 0.3) is 0 Å². The summed E-state index contributed by atoms with van der Waals surface area (Å²) in [5.41, 5.74) is 6.98. The highest BCUT2D eigenvalue weighted by molar-refractivity contribution is 5.96. The molecule has 1 aromatic rings. The van der Waals surface area contributed by atoms with Crippen LogP contribution in [0.1, 0.15) is 31.9 Å². The molecule has 0 saturated carbocycles. The van der Waals surface area contributed by atoms with Crippen LogP contribution in [0.2, 0.25) is 0 Å². The molecule has 1 aromatic carbocycles. The van der Waals surface area contributed by atoms with E-state index in [-0.39, 0.29) is 11.8 Å². The van der Waals surface area contributed by atoms with Gasteiger partial charge in [0.15, 0.2) is 0 Å². The number of ether oxygens (including phenoxy) is 1. The van der Waals surface area contributed by atoms with Crippen molar-refractivity contribution in [2.45, 2.75) is 26.4 Å². The molecule has 110 valence electrons. The monoisotopic (exact) mass is 278 g/mol. The van der Waals surface area contributed by atoms with Crippen LogP contribution in [0.15, 0.2) is 18.2 Å². The van der Waals surface area contributed by atoms with Crippen LogP contribution in [0.3, 0.4) is 0 Å². The molecule has 0 fully saturated rings. The van der Waals surface area contributed by atoms with Crippen LogP contribution in [0, 0.1) is 5.92 Å². The Morgan fingerprint density at radius 1 is 1.50 bits per heavy atom. The minimum atomic E-state index is -0.608. The number of hydrogen-bond donors (Lipinski definition) is 2. The number of anilines is 1. The summed E-state index contributed by atoms with van der Waals surface area (Å²) in [6, 6.07) is 5.46. The van der Waals surface area contributed by atoms with E-state index in [1.54, 1.807) is 4.90 Å². The molecule has 1 aliphatic rings. The van der Waals surface area contributed by atoms with E-state index in [0.717, 1.165) is 11.3 Å². The lowest BCUT2D eigenvalue weighted by atomic mass is 10.0. The SMILES string of the molecule is CC(C)C(=O)N1CCOc2ccc(C(O)CCN)cc21. The molecule has 3 N–H and O–H groups in total. The molecule has 0 aromatic heterocycles. The minimum Gasteiger partial charge on any atom is -0.490 e. The summed E-state index contributed by atoms with van der Waals surface area (Å²) in [5, 5.41) is 10.0. The van der Waals surface area contributed by atoms with E-state index in [1.807, 2.05) is 32.0 Å². The van der Waals surface area contributed by atoms with Gasteiger partial charge in [-0.3, -0.25) is 4.79 Å². The molecule has 0 aliphatic carbocycles. The number of aliphatic hydroxyl groups excluding tert-OH is 1. The zero-order valence-electron chi connectivity index (χ0n) is 12.0. The third kappa shape index (κ3) is 2.94. The molecule has 5 heteroatoms. The molecule has 1 aliphatic heterocycles. The van der Waals surface area contributed by atoms with Crippen molar-refractivity contribution in [1.29, 1.82) is 0 Å². The average molecular weight is 278 g/mol. The molecule has 20 heavy (non-hydrogen) atoms. The van der Waals surface area contributed by atoms with Crippen LogP contribution in [0.5, 0.6) is 5.75 Å². The van der Waals surface area contributed by atoms with E-state index >= 15 is 0 Å². The Morgan fingerprint density at radius 2 is 2.25 bits per heavy atom. The number of carbonyl (C=O) groups excluding carboxylic acids is 1. The Morgan fingerprint density at radius 3 is 2.90 bits per heavy atom. The Hall–Kier alpha value is -1.59. The van der Waals surface area contributed by atoms with Gasteiger partial charge in [-0.1, -0.05) is 19.9 Å². The maximum Gasteiger partial charge on any atom is 0.229 e. The number of amides is 1. The normalized spacial score (nSPS) is 15.8. The molecule has 1 amide bonds. The first-order valence-corrected chi connectivity index (χ1v) is 7.01. The molecular weight excluding hydrogens is 256 g/mol. The number of rotatable bonds is 4. The van der Waals surface area contributed by atoms with Crippen molar-refractivity contribution in [3.63, 3.8) is 0 Å². The van der Waals surface area contributed by atoms with E-state index in [2.05, 4.69) is 0 Å². The number of aliphatic hydroxyl groups is 1. The van der Waals surface area contributed by atoms with Crippen molar-refractivity contribution in [3.8, 4) is 5.75 Å². The first-order valence-electron chi connectivity index (χ1n) is 7.01. The standard InChI is InChI=1S/C15H22N2O3/c1-10(2)15(19)17-7-8-20-14-4-3-11(9-12(14)17)13(18)5-6-16/h3-4,9-10,13,18H,5-8,16H2,1-2H3. The molecule has 0 spiro atoms. The van der Waals surface area contributed by atoms with Gasteiger partial charge >= 0.3 is 0 Å². The number of hydrogen-bond acceptors (Lipinski definition) is 4. The lowest BCUT2D eigenvalue weighted by molar-refractivity contribution is -0.121. The number of nitrogens with zero attached hydrogens (tertiary/aromatic N) is 1. The van der Waals surface area contributed by atoms with Crippen molar-refractivity contribution in [1.82, 2.24) is 0 Å². The first-order chi connectivity index (χ1) is 9.54. The number of benzene rings is 1. The maximum atomic E-state index is 12.3. The lowest BCUT2D eigenvalue weighted by Gasteiger charge is -2.31. The third-order valence-corrected chi connectivity index (χ3v) is 3.43.